The summed E-state index contributed by atoms with van der Waals surface area (Å²) in [5.74, 6) is -0.414. The molecule has 38 heavy (non-hydrogen) atoms. The topological polar surface area (TPSA) is 116 Å². The lowest BCUT2D eigenvalue weighted by atomic mass is 9.88. The van der Waals surface area contributed by atoms with Crippen molar-refractivity contribution in [2.45, 2.75) is 77.0 Å². The van der Waals surface area contributed by atoms with Crippen LogP contribution in [0.5, 0.6) is 0 Å². The zero-order valence-electron chi connectivity index (χ0n) is 21.9. The largest absolute Gasteiger partial charge is 0.326 e. The van der Waals surface area contributed by atoms with Crippen molar-refractivity contribution in [2.24, 2.45) is 11.8 Å². The number of carbonyl (C=O) groups is 4. The van der Waals surface area contributed by atoms with Crippen molar-refractivity contribution in [3.63, 3.8) is 0 Å². The number of benzene rings is 2. The van der Waals surface area contributed by atoms with Gasteiger partial charge in [0, 0.05) is 47.4 Å². The Morgan fingerprint density at radius 1 is 0.526 bits per heavy atom. The van der Waals surface area contributed by atoms with Gasteiger partial charge in [-0.2, -0.15) is 0 Å². The number of hydrogen-bond acceptors (Lipinski definition) is 4. The molecule has 8 nitrogen and oxygen atoms in total. The minimum atomic E-state index is -0.288. The van der Waals surface area contributed by atoms with Crippen molar-refractivity contribution in [3.8, 4) is 0 Å². The Labute approximate surface area is 224 Å². The predicted molar refractivity (Wildman–Crippen MR) is 150 cm³/mol. The number of nitrogens with one attached hydrogen (secondary N) is 4. The van der Waals surface area contributed by atoms with Gasteiger partial charge in [0.2, 0.25) is 23.6 Å². The number of hydrogen-bond donors (Lipinski definition) is 4. The minimum absolute atomic E-state index is 0.0165. The maximum absolute atomic E-state index is 12.5. The third-order valence-corrected chi connectivity index (χ3v) is 7.36. The summed E-state index contributed by atoms with van der Waals surface area (Å²) in [5, 5.41) is 11.5. The van der Waals surface area contributed by atoms with Crippen LogP contribution in [0.15, 0.2) is 48.5 Å². The molecule has 0 saturated heterocycles. The average Bonchev–Trinajstić information content (AvgIpc) is 2.93. The quantitative estimate of drug-likeness (QED) is 0.322. The minimum Gasteiger partial charge on any atom is -0.326 e. The Kier molecular flexibility index (Phi) is 9.90. The Balaban J connectivity index is 1.21. The Bertz CT molecular complexity index is 1050. The van der Waals surface area contributed by atoms with Crippen molar-refractivity contribution in [1.82, 2.24) is 0 Å². The highest BCUT2D eigenvalue weighted by Crippen LogP contribution is 2.27. The SMILES string of the molecule is O=C(CCC(=O)Nc1cccc(NC(=O)C2CCCCC2)c1)Nc1cccc(NC(=O)C2CCCCC2)c1. The summed E-state index contributed by atoms with van der Waals surface area (Å²) in [4.78, 5) is 49.9. The molecule has 0 unspecified atom stereocenters. The first-order valence-electron chi connectivity index (χ1n) is 13.9. The van der Waals surface area contributed by atoms with Crippen molar-refractivity contribution < 1.29 is 19.2 Å². The molecule has 4 N–H and O–H groups in total. The highest BCUT2D eigenvalue weighted by molar-refractivity contribution is 5.98. The van der Waals surface area contributed by atoms with E-state index in [1.54, 1.807) is 48.5 Å². The molecular weight excluding hydrogens is 480 g/mol. The number of amides is 4. The molecule has 2 saturated carbocycles. The van der Waals surface area contributed by atoms with E-state index in [-0.39, 0.29) is 48.3 Å². The van der Waals surface area contributed by atoms with Crippen LogP contribution >= 0.6 is 0 Å². The monoisotopic (exact) mass is 518 g/mol. The maximum Gasteiger partial charge on any atom is 0.227 e. The molecule has 2 fully saturated rings. The second-order valence-corrected chi connectivity index (χ2v) is 10.4. The van der Waals surface area contributed by atoms with Crippen LogP contribution in [0.3, 0.4) is 0 Å². The van der Waals surface area contributed by atoms with E-state index in [1.807, 2.05) is 0 Å². The lowest BCUT2D eigenvalue weighted by Gasteiger charge is -2.21. The summed E-state index contributed by atoms with van der Waals surface area (Å²) in [7, 11) is 0. The predicted octanol–water partition coefficient (Wildman–Crippen LogP) is 6.08. The summed E-state index contributed by atoms with van der Waals surface area (Å²) in [6.07, 6.45) is 10.4. The van der Waals surface area contributed by atoms with Crippen LogP contribution in [0.2, 0.25) is 0 Å². The third kappa shape index (κ3) is 8.43. The van der Waals surface area contributed by atoms with Gasteiger partial charge < -0.3 is 21.3 Å². The van der Waals surface area contributed by atoms with E-state index in [2.05, 4.69) is 21.3 Å². The summed E-state index contributed by atoms with van der Waals surface area (Å²) < 4.78 is 0. The van der Waals surface area contributed by atoms with Crippen molar-refractivity contribution >= 4 is 46.4 Å². The first kappa shape index (κ1) is 27.4. The summed E-state index contributed by atoms with van der Waals surface area (Å²) in [6.45, 7) is 0. The fourth-order valence-electron chi connectivity index (χ4n) is 5.24. The normalized spacial score (nSPS) is 16.3. The van der Waals surface area contributed by atoms with Gasteiger partial charge in [0.1, 0.15) is 0 Å². The van der Waals surface area contributed by atoms with E-state index >= 15 is 0 Å². The van der Waals surface area contributed by atoms with Crippen molar-refractivity contribution in [2.75, 3.05) is 21.3 Å². The molecule has 4 amide bonds. The smallest absolute Gasteiger partial charge is 0.227 e. The van der Waals surface area contributed by atoms with Crippen LogP contribution in [0.1, 0.15) is 77.0 Å². The van der Waals surface area contributed by atoms with E-state index < -0.39 is 0 Å². The molecule has 0 radical (unpaired) electrons. The van der Waals surface area contributed by atoms with E-state index in [0.29, 0.717) is 22.7 Å². The lowest BCUT2D eigenvalue weighted by molar-refractivity contribution is -0.121. The zero-order valence-corrected chi connectivity index (χ0v) is 21.9. The molecule has 2 aliphatic carbocycles. The third-order valence-electron chi connectivity index (χ3n) is 7.36. The van der Waals surface area contributed by atoms with Gasteiger partial charge in [-0.05, 0) is 62.1 Å². The second-order valence-electron chi connectivity index (χ2n) is 10.4. The molecule has 0 spiro atoms. The van der Waals surface area contributed by atoms with Gasteiger partial charge >= 0.3 is 0 Å². The Morgan fingerprint density at radius 2 is 0.868 bits per heavy atom. The van der Waals surface area contributed by atoms with Gasteiger partial charge in [-0.25, -0.2) is 0 Å². The molecule has 4 rings (SSSR count). The van der Waals surface area contributed by atoms with Gasteiger partial charge in [-0.1, -0.05) is 50.7 Å². The van der Waals surface area contributed by atoms with Crippen LogP contribution in [0, 0.1) is 11.8 Å². The summed E-state index contributed by atoms with van der Waals surface area (Å²) in [5.41, 5.74) is 2.43. The molecule has 0 aromatic heterocycles. The standard InChI is InChI=1S/C30H38N4O4/c35-27(31-23-13-7-15-25(19-23)33-29(37)21-9-3-1-4-10-21)17-18-28(36)32-24-14-8-16-26(20-24)34-30(38)22-11-5-2-6-12-22/h7-8,13-16,19-22H,1-6,9-12,17-18H2,(H,31,35)(H,32,36)(H,33,37)(H,34,38). The maximum atomic E-state index is 12.5. The zero-order chi connectivity index (χ0) is 26.7. The number of anilines is 4. The number of carbonyl (C=O) groups excluding carboxylic acids is 4. The summed E-state index contributed by atoms with van der Waals surface area (Å²) >= 11 is 0. The van der Waals surface area contributed by atoms with Gasteiger partial charge in [0.15, 0.2) is 0 Å². The lowest BCUT2D eigenvalue weighted by Crippen LogP contribution is -2.24. The van der Waals surface area contributed by atoms with Crippen LogP contribution in [-0.2, 0) is 19.2 Å². The van der Waals surface area contributed by atoms with Crippen LogP contribution < -0.4 is 21.3 Å². The second kappa shape index (κ2) is 13.7. The Morgan fingerprint density at radius 3 is 1.24 bits per heavy atom. The van der Waals surface area contributed by atoms with Crippen LogP contribution in [-0.4, -0.2) is 23.6 Å². The van der Waals surface area contributed by atoms with Crippen LogP contribution in [0.4, 0.5) is 22.7 Å². The Hall–Kier alpha value is -3.68. The molecule has 0 heterocycles. The average molecular weight is 519 g/mol. The molecule has 8 heteroatoms. The molecule has 2 aliphatic rings. The fourth-order valence-corrected chi connectivity index (χ4v) is 5.24. The highest BCUT2D eigenvalue weighted by atomic mass is 16.2. The summed E-state index contributed by atoms with van der Waals surface area (Å²) in [6, 6.07) is 14.1. The number of rotatable bonds is 9. The highest BCUT2D eigenvalue weighted by Gasteiger charge is 2.22. The van der Waals surface area contributed by atoms with Crippen LogP contribution in [0.25, 0.3) is 0 Å². The van der Waals surface area contributed by atoms with E-state index in [9.17, 15) is 19.2 Å². The first-order chi connectivity index (χ1) is 18.5. The molecule has 2 aromatic carbocycles. The van der Waals surface area contributed by atoms with Gasteiger partial charge in [0.25, 0.3) is 0 Å². The van der Waals surface area contributed by atoms with Crippen molar-refractivity contribution in [1.29, 1.82) is 0 Å². The van der Waals surface area contributed by atoms with Gasteiger partial charge in [-0.3, -0.25) is 19.2 Å². The van der Waals surface area contributed by atoms with E-state index in [4.69, 9.17) is 0 Å². The molecular formula is C30H38N4O4. The molecule has 0 atom stereocenters. The molecule has 0 aliphatic heterocycles. The fraction of sp³-hybridized carbons (Fsp3) is 0.467. The molecule has 0 bridgehead atoms. The molecule has 202 valence electrons. The van der Waals surface area contributed by atoms with E-state index in [0.717, 1.165) is 51.4 Å². The van der Waals surface area contributed by atoms with Crippen molar-refractivity contribution in [3.05, 3.63) is 48.5 Å². The first-order valence-corrected chi connectivity index (χ1v) is 13.9. The molecule has 2 aromatic rings. The van der Waals surface area contributed by atoms with E-state index in [1.165, 1.54) is 12.8 Å². The van der Waals surface area contributed by atoms with Gasteiger partial charge in [-0.15, -0.1) is 0 Å². The van der Waals surface area contributed by atoms with Gasteiger partial charge in [0.05, 0.1) is 0 Å².